The lowest BCUT2D eigenvalue weighted by Crippen LogP contribution is -2.32. The quantitative estimate of drug-likeness (QED) is 0.429. The van der Waals surface area contributed by atoms with Crippen molar-refractivity contribution in [3.63, 3.8) is 0 Å². The molecule has 0 saturated heterocycles. The van der Waals surface area contributed by atoms with Gasteiger partial charge in [-0.2, -0.15) is 9.78 Å². The predicted octanol–water partition coefficient (Wildman–Crippen LogP) is 4.34. The van der Waals surface area contributed by atoms with Crippen molar-refractivity contribution in [3.8, 4) is 0 Å². The van der Waals surface area contributed by atoms with Crippen LogP contribution in [0, 0.1) is 0 Å². The van der Waals surface area contributed by atoms with Gasteiger partial charge in [-0.05, 0) is 43.2 Å². The van der Waals surface area contributed by atoms with E-state index in [0.717, 1.165) is 16.5 Å². The van der Waals surface area contributed by atoms with E-state index in [0.29, 0.717) is 22.2 Å². The number of anilines is 1. The van der Waals surface area contributed by atoms with Crippen LogP contribution in [0.1, 0.15) is 36.2 Å². The SMILES string of the molecule is CC[C@@H](C)NC(=O)c1c(N)n(/N=C\c2cccc(Br)c2)c2nc3ccccc3nc12. The smallest absolute Gasteiger partial charge is 0.257 e. The molecule has 4 aromatic rings. The minimum atomic E-state index is -0.284. The van der Waals surface area contributed by atoms with Gasteiger partial charge in [-0.3, -0.25) is 4.79 Å². The molecule has 1 amide bonds. The monoisotopic (exact) mass is 464 g/mol. The number of amides is 1. The lowest BCUT2D eigenvalue weighted by atomic mass is 10.2. The molecule has 30 heavy (non-hydrogen) atoms. The van der Waals surface area contributed by atoms with Crippen LogP contribution in [0.25, 0.3) is 22.2 Å². The fraction of sp³-hybridized carbons (Fsp3) is 0.182. The Hall–Kier alpha value is -3.26. The number of aromatic nitrogens is 3. The third kappa shape index (κ3) is 3.78. The molecule has 4 rings (SSSR count). The highest BCUT2D eigenvalue weighted by Gasteiger charge is 2.24. The molecule has 2 aromatic heterocycles. The van der Waals surface area contributed by atoms with Gasteiger partial charge in [0.2, 0.25) is 0 Å². The average molecular weight is 465 g/mol. The van der Waals surface area contributed by atoms with Gasteiger partial charge < -0.3 is 11.1 Å². The van der Waals surface area contributed by atoms with Crippen LogP contribution in [0.15, 0.2) is 58.1 Å². The fourth-order valence-electron chi connectivity index (χ4n) is 3.10. The first kappa shape index (κ1) is 20.0. The highest BCUT2D eigenvalue weighted by Crippen LogP contribution is 2.28. The van der Waals surface area contributed by atoms with Crippen molar-refractivity contribution < 1.29 is 4.79 Å². The molecular formula is C22H21BrN6O. The Balaban J connectivity index is 1.91. The Bertz CT molecular complexity index is 1280. The van der Waals surface area contributed by atoms with E-state index in [4.69, 9.17) is 5.73 Å². The fourth-order valence-corrected chi connectivity index (χ4v) is 3.51. The topological polar surface area (TPSA) is 98.2 Å². The molecule has 3 N–H and O–H groups in total. The first-order valence-electron chi connectivity index (χ1n) is 9.65. The van der Waals surface area contributed by atoms with Crippen LogP contribution >= 0.6 is 15.9 Å². The Morgan fingerprint density at radius 3 is 2.67 bits per heavy atom. The molecule has 0 aliphatic rings. The van der Waals surface area contributed by atoms with Gasteiger partial charge in [0.15, 0.2) is 5.65 Å². The van der Waals surface area contributed by atoms with Gasteiger partial charge in [0.1, 0.15) is 16.9 Å². The zero-order valence-electron chi connectivity index (χ0n) is 16.6. The number of rotatable bonds is 5. The zero-order valence-corrected chi connectivity index (χ0v) is 18.2. The summed E-state index contributed by atoms with van der Waals surface area (Å²) in [5, 5.41) is 7.48. The molecule has 152 valence electrons. The number of fused-ring (bicyclic) bond motifs is 2. The zero-order chi connectivity index (χ0) is 21.3. The molecule has 0 fully saturated rings. The molecule has 0 aliphatic carbocycles. The van der Waals surface area contributed by atoms with Gasteiger partial charge in [-0.15, -0.1) is 0 Å². The van der Waals surface area contributed by atoms with Crippen LogP contribution in [-0.4, -0.2) is 32.8 Å². The van der Waals surface area contributed by atoms with Crippen LogP contribution in [-0.2, 0) is 0 Å². The molecule has 0 saturated carbocycles. The van der Waals surface area contributed by atoms with E-state index in [1.54, 1.807) is 6.21 Å². The van der Waals surface area contributed by atoms with E-state index in [9.17, 15) is 4.79 Å². The predicted molar refractivity (Wildman–Crippen MR) is 124 cm³/mol. The number of carbonyl (C=O) groups excluding carboxylic acids is 1. The van der Waals surface area contributed by atoms with Crippen molar-refractivity contribution in [3.05, 3.63) is 64.1 Å². The Morgan fingerprint density at radius 1 is 1.23 bits per heavy atom. The van der Waals surface area contributed by atoms with Crippen molar-refractivity contribution in [1.29, 1.82) is 0 Å². The molecule has 0 aliphatic heterocycles. The first-order valence-corrected chi connectivity index (χ1v) is 10.4. The highest BCUT2D eigenvalue weighted by molar-refractivity contribution is 9.10. The number of nitrogens with one attached hydrogen (secondary N) is 1. The summed E-state index contributed by atoms with van der Waals surface area (Å²) in [6.45, 7) is 3.95. The number of carbonyl (C=O) groups is 1. The average Bonchev–Trinajstić information content (AvgIpc) is 3.00. The molecule has 0 spiro atoms. The van der Waals surface area contributed by atoms with Crippen molar-refractivity contribution in [2.24, 2.45) is 5.10 Å². The summed E-state index contributed by atoms with van der Waals surface area (Å²) >= 11 is 3.45. The number of para-hydroxylation sites is 2. The molecule has 7 nitrogen and oxygen atoms in total. The van der Waals surface area contributed by atoms with Gasteiger partial charge >= 0.3 is 0 Å². The third-order valence-electron chi connectivity index (χ3n) is 4.86. The van der Waals surface area contributed by atoms with Crippen molar-refractivity contribution >= 4 is 56.1 Å². The lowest BCUT2D eigenvalue weighted by molar-refractivity contribution is 0.0941. The van der Waals surface area contributed by atoms with E-state index in [-0.39, 0.29) is 23.3 Å². The molecular weight excluding hydrogens is 444 g/mol. The molecule has 0 bridgehead atoms. The number of hydrogen-bond acceptors (Lipinski definition) is 5. The summed E-state index contributed by atoms with van der Waals surface area (Å²) < 4.78 is 2.41. The number of nitrogens with two attached hydrogens (primary N) is 1. The van der Waals surface area contributed by atoms with Crippen molar-refractivity contribution in [1.82, 2.24) is 20.0 Å². The summed E-state index contributed by atoms with van der Waals surface area (Å²) in [5.41, 5.74) is 9.82. The minimum absolute atomic E-state index is 0.00823. The summed E-state index contributed by atoms with van der Waals surface area (Å²) in [5.74, 6) is -0.0832. The Kier molecular flexibility index (Phi) is 5.50. The van der Waals surface area contributed by atoms with Gasteiger partial charge in [0.25, 0.3) is 5.91 Å². The maximum absolute atomic E-state index is 13.0. The standard InChI is InChI=1S/C22H21BrN6O/c1-3-13(2)26-22(30)18-19-21(28-17-10-5-4-9-16(17)27-19)29(20(18)24)25-12-14-7-6-8-15(23)11-14/h4-13H,3,24H2,1-2H3,(H,26,30)/b25-12-/t13-/m1/s1. The first-order chi connectivity index (χ1) is 14.5. The van der Waals surface area contributed by atoms with Crippen LogP contribution in [0.5, 0.6) is 0 Å². The molecule has 2 heterocycles. The maximum atomic E-state index is 13.0. The molecule has 1 atom stereocenters. The summed E-state index contributed by atoms with van der Waals surface area (Å²) in [7, 11) is 0. The van der Waals surface area contributed by atoms with E-state index in [1.165, 1.54) is 4.68 Å². The number of benzene rings is 2. The van der Waals surface area contributed by atoms with Crippen LogP contribution in [0.2, 0.25) is 0 Å². The third-order valence-corrected chi connectivity index (χ3v) is 5.36. The van der Waals surface area contributed by atoms with E-state index in [2.05, 4.69) is 36.3 Å². The second kappa shape index (κ2) is 8.23. The summed E-state index contributed by atoms with van der Waals surface area (Å²) in [6.07, 6.45) is 2.48. The lowest BCUT2D eigenvalue weighted by Gasteiger charge is -2.11. The molecule has 8 heteroatoms. The van der Waals surface area contributed by atoms with Crippen LogP contribution in [0.3, 0.4) is 0 Å². The second-order valence-electron chi connectivity index (χ2n) is 7.04. The van der Waals surface area contributed by atoms with Gasteiger partial charge in [0, 0.05) is 10.5 Å². The molecule has 0 radical (unpaired) electrons. The highest BCUT2D eigenvalue weighted by atomic mass is 79.9. The minimum Gasteiger partial charge on any atom is -0.383 e. The van der Waals surface area contributed by atoms with Gasteiger partial charge in [0.05, 0.1) is 17.2 Å². The summed E-state index contributed by atoms with van der Waals surface area (Å²) in [6, 6.07) is 15.2. The molecule has 0 unspecified atom stereocenters. The number of hydrogen-bond donors (Lipinski definition) is 2. The van der Waals surface area contributed by atoms with Crippen molar-refractivity contribution in [2.45, 2.75) is 26.3 Å². The van der Waals surface area contributed by atoms with Gasteiger partial charge in [-0.25, -0.2) is 9.97 Å². The van der Waals surface area contributed by atoms with E-state index in [1.807, 2.05) is 62.4 Å². The number of nitrogen functional groups attached to an aromatic ring is 1. The van der Waals surface area contributed by atoms with Gasteiger partial charge in [-0.1, -0.05) is 47.1 Å². The second-order valence-corrected chi connectivity index (χ2v) is 7.95. The Labute approximate surface area is 182 Å². The van der Waals surface area contributed by atoms with E-state index >= 15 is 0 Å². The largest absolute Gasteiger partial charge is 0.383 e. The normalized spacial score (nSPS) is 12.6. The molecule has 2 aromatic carbocycles. The number of nitrogens with zero attached hydrogens (tertiary/aromatic N) is 4. The van der Waals surface area contributed by atoms with Crippen LogP contribution in [0.4, 0.5) is 5.82 Å². The Morgan fingerprint density at radius 2 is 1.97 bits per heavy atom. The van der Waals surface area contributed by atoms with Crippen LogP contribution < -0.4 is 11.1 Å². The summed E-state index contributed by atoms with van der Waals surface area (Å²) in [4.78, 5) is 22.4. The van der Waals surface area contributed by atoms with Crippen molar-refractivity contribution in [2.75, 3.05) is 5.73 Å². The number of halogens is 1. The maximum Gasteiger partial charge on any atom is 0.257 e. The van der Waals surface area contributed by atoms with E-state index < -0.39 is 0 Å².